The number of anilines is 1. The van der Waals surface area contributed by atoms with E-state index in [4.69, 9.17) is 0 Å². The number of carbonyl (C=O) groups is 1. The van der Waals surface area contributed by atoms with Crippen molar-refractivity contribution in [1.82, 2.24) is 15.2 Å². The van der Waals surface area contributed by atoms with Crippen LogP contribution in [0.4, 0.5) is 10.2 Å². The Kier molecular flexibility index (Phi) is 3.76. The Labute approximate surface area is 105 Å². The predicted molar refractivity (Wildman–Crippen MR) is 67.1 cm³/mol. The highest BCUT2D eigenvalue weighted by molar-refractivity contribution is 5.98. The summed E-state index contributed by atoms with van der Waals surface area (Å²) in [5.74, 6) is -0.408. The molecule has 2 rings (SSSR count). The molecule has 1 unspecified atom stereocenters. The van der Waals surface area contributed by atoms with Gasteiger partial charge in [-0.1, -0.05) is 0 Å². The number of aromatic nitrogens is 1. The van der Waals surface area contributed by atoms with Crippen molar-refractivity contribution >= 4 is 11.7 Å². The summed E-state index contributed by atoms with van der Waals surface area (Å²) in [6.45, 7) is 1.79. The zero-order valence-corrected chi connectivity index (χ0v) is 10.5. The standard InChI is InChI=1S/C12H17FN4O/c1-14-11-10(5-8(13)6-15-11)12(18)16-9-3-4-17(2)7-9/h5-6,9H,3-4,7H2,1-2H3,(H,14,15)(H,16,18). The molecule has 1 aromatic rings. The lowest BCUT2D eigenvalue weighted by atomic mass is 10.2. The summed E-state index contributed by atoms with van der Waals surface area (Å²) < 4.78 is 13.1. The SMILES string of the molecule is CNc1ncc(F)cc1C(=O)NC1CCN(C)C1. The smallest absolute Gasteiger partial charge is 0.255 e. The molecule has 1 aliphatic heterocycles. The molecular weight excluding hydrogens is 235 g/mol. The van der Waals surface area contributed by atoms with Crippen molar-refractivity contribution in [3.05, 3.63) is 23.6 Å². The number of pyridine rings is 1. The monoisotopic (exact) mass is 252 g/mol. The largest absolute Gasteiger partial charge is 0.372 e. The molecule has 1 saturated heterocycles. The van der Waals surface area contributed by atoms with Gasteiger partial charge in [-0.2, -0.15) is 0 Å². The van der Waals surface area contributed by atoms with Crippen molar-refractivity contribution in [2.45, 2.75) is 12.5 Å². The van der Waals surface area contributed by atoms with E-state index in [0.29, 0.717) is 5.82 Å². The lowest BCUT2D eigenvalue weighted by molar-refractivity contribution is 0.0938. The number of amides is 1. The number of rotatable bonds is 3. The van der Waals surface area contributed by atoms with E-state index in [1.807, 2.05) is 7.05 Å². The maximum Gasteiger partial charge on any atom is 0.255 e. The maximum absolute atomic E-state index is 13.1. The first-order valence-electron chi connectivity index (χ1n) is 5.93. The number of likely N-dealkylation sites (N-methyl/N-ethyl adjacent to an activating group) is 1. The normalized spacial score (nSPS) is 19.8. The van der Waals surface area contributed by atoms with E-state index in [-0.39, 0.29) is 17.5 Å². The van der Waals surface area contributed by atoms with Crippen molar-refractivity contribution in [3.63, 3.8) is 0 Å². The first-order valence-corrected chi connectivity index (χ1v) is 5.93. The zero-order valence-electron chi connectivity index (χ0n) is 10.5. The fourth-order valence-corrected chi connectivity index (χ4v) is 2.13. The van der Waals surface area contributed by atoms with Crippen LogP contribution in [-0.2, 0) is 0 Å². The molecule has 1 aliphatic rings. The minimum absolute atomic E-state index is 0.121. The van der Waals surface area contributed by atoms with Crippen LogP contribution in [0.1, 0.15) is 16.8 Å². The van der Waals surface area contributed by atoms with Gasteiger partial charge in [-0.3, -0.25) is 4.79 Å². The molecule has 0 aromatic carbocycles. The van der Waals surface area contributed by atoms with Gasteiger partial charge in [0.15, 0.2) is 0 Å². The quantitative estimate of drug-likeness (QED) is 0.831. The van der Waals surface area contributed by atoms with Crippen molar-refractivity contribution in [1.29, 1.82) is 0 Å². The van der Waals surface area contributed by atoms with Crippen molar-refractivity contribution in [2.75, 3.05) is 32.5 Å². The van der Waals surface area contributed by atoms with Crippen LogP contribution < -0.4 is 10.6 Å². The van der Waals surface area contributed by atoms with Gasteiger partial charge in [0, 0.05) is 19.6 Å². The van der Waals surface area contributed by atoms with Crippen molar-refractivity contribution in [2.24, 2.45) is 0 Å². The summed E-state index contributed by atoms with van der Waals surface area (Å²) >= 11 is 0. The maximum atomic E-state index is 13.1. The summed E-state index contributed by atoms with van der Waals surface area (Å²) in [4.78, 5) is 18.1. The number of carbonyl (C=O) groups excluding carboxylic acids is 1. The van der Waals surface area contributed by atoms with Gasteiger partial charge < -0.3 is 15.5 Å². The molecule has 5 nitrogen and oxygen atoms in total. The van der Waals surface area contributed by atoms with E-state index in [2.05, 4.69) is 20.5 Å². The molecule has 0 aliphatic carbocycles. The highest BCUT2D eigenvalue weighted by Gasteiger charge is 2.23. The fourth-order valence-electron chi connectivity index (χ4n) is 2.13. The molecule has 1 amide bonds. The summed E-state index contributed by atoms with van der Waals surface area (Å²) in [6, 6.07) is 1.32. The Morgan fingerprint density at radius 3 is 3.00 bits per heavy atom. The number of nitrogens with one attached hydrogen (secondary N) is 2. The van der Waals surface area contributed by atoms with Crippen molar-refractivity contribution in [3.8, 4) is 0 Å². The van der Waals surface area contributed by atoms with Gasteiger partial charge in [-0.25, -0.2) is 9.37 Å². The third-order valence-electron chi connectivity index (χ3n) is 3.06. The number of hydrogen-bond acceptors (Lipinski definition) is 4. The molecule has 18 heavy (non-hydrogen) atoms. The molecule has 1 atom stereocenters. The van der Waals surface area contributed by atoms with Crippen LogP contribution in [-0.4, -0.2) is 49.0 Å². The highest BCUT2D eigenvalue weighted by Crippen LogP contribution is 2.14. The minimum atomic E-state index is -0.511. The predicted octanol–water partition coefficient (Wildman–Crippen LogP) is 0.696. The van der Waals surface area contributed by atoms with Crippen LogP contribution in [0.15, 0.2) is 12.3 Å². The van der Waals surface area contributed by atoms with E-state index in [0.717, 1.165) is 25.7 Å². The van der Waals surface area contributed by atoms with Crippen LogP contribution in [0.5, 0.6) is 0 Å². The first kappa shape index (κ1) is 12.8. The molecule has 0 radical (unpaired) electrons. The molecule has 1 fully saturated rings. The van der Waals surface area contributed by atoms with Crippen LogP contribution in [0, 0.1) is 5.82 Å². The lowest BCUT2D eigenvalue weighted by Crippen LogP contribution is -2.36. The highest BCUT2D eigenvalue weighted by atomic mass is 19.1. The van der Waals surface area contributed by atoms with Crippen LogP contribution in [0.2, 0.25) is 0 Å². The van der Waals surface area contributed by atoms with Gasteiger partial charge >= 0.3 is 0 Å². The Bertz CT molecular complexity index is 452. The molecule has 6 heteroatoms. The van der Waals surface area contributed by atoms with Crippen LogP contribution in [0.3, 0.4) is 0 Å². The second-order valence-electron chi connectivity index (χ2n) is 4.52. The molecule has 2 N–H and O–H groups in total. The number of nitrogens with zero attached hydrogens (tertiary/aromatic N) is 2. The average Bonchev–Trinajstić information content (AvgIpc) is 2.74. The first-order chi connectivity index (χ1) is 8.60. The van der Waals surface area contributed by atoms with E-state index in [1.54, 1.807) is 7.05 Å². The zero-order chi connectivity index (χ0) is 13.1. The van der Waals surface area contributed by atoms with Gasteiger partial charge in [-0.15, -0.1) is 0 Å². The topological polar surface area (TPSA) is 57.3 Å². The van der Waals surface area contributed by atoms with E-state index in [9.17, 15) is 9.18 Å². The molecule has 0 bridgehead atoms. The molecule has 1 aromatic heterocycles. The third-order valence-corrected chi connectivity index (χ3v) is 3.06. The van der Waals surface area contributed by atoms with Crippen LogP contribution >= 0.6 is 0 Å². The second kappa shape index (κ2) is 5.30. The van der Waals surface area contributed by atoms with E-state index >= 15 is 0 Å². The van der Waals surface area contributed by atoms with Gasteiger partial charge in [0.05, 0.1) is 11.8 Å². The van der Waals surface area contributed by atoms with Gasteiger partial charge in [-0.05, 0) is 26.1 Å². The Hall–Kier alpha value is -1.69. The van der Waals surface area contributed by atoms with Crippen molar-refractivity contribution < 1.29 is 9.18 Å². The van der Waals surface area contributed by atoms with E-state index < -0.39 is 5.82 Å². The second-order valence-corrected chi connectivity index (χ2v) is 4.52. The Morgan fingerprint density at radius 1 is 1.61 bits per heavy atom. The van der Waals surface area contributed by atoms with Crippen LogP contribution in [0.25, 0.3) is 0 Å². The third kappa shape index (κ3) is 2.76. The number of hydrogen-bond donors (Lipinski definition) is 2. The molecule has 2 heterocycles. The Morgan fingerprint density at radius 2 is 2.39 bits per heavy atom. The summed E-state index contributed by atoms with van der Waals surface area (Å²) in [7, 11) is 3.66. The van der Waals surface area contributed by atoms with Gasteiger partial charge in [0.25, 0.3) is 5.91 Å². The summed E-state index contributed by atoms with van der Waals surface area (Å²) in [5.41, 5.74) is 0.243. The summed E-state index contributed by atoms with van der Waals surface area (Å²) in [5, 5.41) is 5.69. The molecule has 0 spiro atoms. The van der Waals surface area contributed by atoms with Gasteiger partial charge in [0.2, 0.25) is 0 Å². The van der Waals surface area contributed by atoms with E-state index in [1.165, 1.54) is 6.07 Å². The average molecular weight is 252 g/mol. The lowest BCUT2D eigenvalue weighted by Gasteiger charge is -2.14. The molecule has 0 saturated carbocycles. The summed E-state index contributed by atoms with van der Waals surface area (Å²) in [6.07, 6.45) is 2.01. The Balaban J connectivity index is 2.10. The number of halogens is 1. The van der Waals surface area contributed by atoms with Gasteiger partial charge in [0.1, 0.15) is 11.6 Å². The fraction of sp³-hybridized carbons (Fsp3) is 0.500. The molecular formula is C12H17FN4O. The molecule has 98 valence electrons. The number of likely N-dealkylation sites (tertiary alicyclic amines) is 1. The minimum Gasteiger partial charge on any atom is -0.372 e.